The van der Waals surface area contributed by atoms with Gasteiger partial charge in [0, 0.05) is 11.6 Å². The summed E-state index contributed by atoms with van der Waals surface area (Å²) < 4.78 is 0. The molecule has 0 saturated carbocycles. The van der Waals surface area contributed by atoms with Gasteiger partial charge in [0.15, 0.2) is 0 Å². The molecule has 0 aliphatic heterocycles. The summed E-state index contributed by atoms with van der Waals surface area (Å²) in [6, 6.07) is 11.3. The third kappa shape index (κ3) is 1.24. The van der Waals surface area contributed by atoms with Gasteiger partial charge in [-0.3, -0.25) is 4.79 Å². The molecule has 2 N–H and O–H groups in total. The molecule has 2 heterocycles. The Bertz CT molecular complexity index is 683. The van der Waals surface area contributed by atoms with E-state index in [4.69, 9.17) is 0 Å². The third-order valence-electron chi connectivity index (χ3n) is 2.55. The van der Waals surface area contributed by atoms with Gasteiger partial charge < -0.3 is 4.98 Å². The van der Waals surface area contributed by atoms with Crippen molar-refractivity contribution in [3.05, 3.63) is 52.9 Å². The van der Waals surface area contributed by atoms with E-state index in [1.807, 2.05) is 36.5 Å². The van der Waals surface area contributed by atoms with Crippen molar-refractivity contribution >= 4 is 10.8 Å². The van der Waals surface area contributed by atoms with E-state index >= 15 is 0 Å². The summed E-state index contributed by atoms with van der Waals surface area (Å²) in [7, 11) is 0. The number of hydrogen-bond donors (Lipinski definition) is 2. The third-order valence-corrected chi connectivity index (χ3v) is 2.55. The fraction of sp³-hybridized carbons (Fsp3) is 0. The first-order valence-electron chi connectivity index (χ1n) is 4.97. The van der Waals surface area contributed by atoms with Gasteiger partial charge in [0.25, 0.3) is 5.56 Å². The molecule has 0 aliphatic carbocycles. The van der Waals surface area contributed by atoms with Crippen molar-refractivity contribution in [3.8, 4) is 11.4 Å². The highest BCUT2D eigenvalue weighted by molar-refractivity contribution is 5.92. The van der Waals surface area contributed by atoms with E-state index < -0.39 is 0 Å². The van der Waals surface area contributed by atoms with Gasteiger partial charge in [-0.2, -0.15) is 5.10 Å². The molecule has 0 bridgehead atoms. The van der Waals surface area contributed by atoms with E-state index in [9.17, 15) is 4.79 Å². The molecule has 4 heteroatoms. The number of hydrogen-bond acceptors (Lipinski definition) is 2. The summed E-state index contributed by atoms with van der Waals surface area (Å²) in [6.07, 6.45) is 1.83. The normalized spacial score (nSPS) is 10.8. The predicted octanol–water partition coefficient (Wildman–Crippen LogP) is 1.92. The van der Waals surface area contributed by atoms with Crippen molar-refractivity contribution in [1.29, 1.82) is 0 Å². The Hall–Kier alpha value is -2.36. The maximum absolute atomic E-state index is 11.6. The number of H-pyrrole nitrogens is 2. The SMILES string of the molecule is O=c1[nH]nc(-c2ccc[nH]2)c2ccccc12. The van der Waals surface area contributed by atoms with Gasteiger partial charge in [-0.25, -0.2) is 5.10 Å². The van der Waals surface area contributed by atoms with Crippen LogP contribution in [0, 0.1) is 0 Å². The standard InChI is InChI=1S/C12H9N3O/c16-12-9-5-2-1-4-8(9)11(14-15-12)10-6-3-7-13-10/h1-7,13H,(H,15,16). The van der Waals surface area contributed by atoms with Crippen molar-refractivity contribution in [1.82, 2.24) is 15.2 Å². The van der Waals surface area contributed by atoms with Crippen molar-refractivity contribution in [2.45, 2.75) is 0 Å². The highest BCUT2D eigenvalue weighted by Gasteiger charge is 2.07. The second kappa shape index (κ2) is 3.34. The zero-order valence-electron chi connectivity index (χ0n) is 8.40. The largest absolute Gasteiger partial charge is 0.360 e. The number of aromatic amines is 2. The highest BCUT2D eigenvalue weighted by Crippen LogP contribution is 2.21. The average molecular weight is 211 g/mol. The number of nitrogens with zero attached hydrogens (tertiary/aromatic N) is 1. The van der Waals surface area contributed by atoms with E-state index in [0.717, 1.165) is 16.8 Å². The van der Waals surface area contributed by atoms with Gasteiger partial charge in [-0.05, 0) is 18.2 Å². The van der Waals surface area contributed by atoms with Gasteiger partial charge in [0.2, 0.25) is 0 Å². The van der Waals surface area contributed by atoms with E-state index in [1.54, 1.807) is 6.07 Å². The molecule has 0 atom stereocenters. The van der Waals surface area contributed by atoms with Crippen LogP contribution in [-0.4, -0.2) is 15.2 Å². The second-order valence-corrected chi connectivity index (χ2v) is 3.53. The quantitative estimate of drug-likeness (QED) is 0.646. The van der Waals surface area contributed by atoms with Gasteiger partial charge in [-0.1, -0.05) is 18.2 Å². The molecule has 78 valence electrons. The molecule has 0 fully saturated rings. The topological polar surface area (TPSA) is 61.5 Å². The lowest BCUT2D eigenvalue weighted by Gasteiger charge is -2.02. The zero-order valence-corrected chi connectivity index (χ0v) is 8.40. The second-order valence-electron chi connectivity index (χ2n) is 3.53. The van der Waals surface area contributed by atoms with E-state index in [-0.39, 0.29) is 5.56 Å². The molecule has 16 heavy (non-hydrogen) atoms. The van der Waals surface area contributed by atoms with Crippen molar-refractivity contribution in [2.24, 2.45) is 0 Å². The molecular weight excluding hydrogens is 202 g/mol. The molecule has 0 radical (unpaired) electrons. The van der Waals surface area contributed by atoms with Crippen molar-refractivity contribution in [2.75, 3.05) is 0 Å². The molecule has 3 aromatic rings. The molecule has 0 aliphatic rings. The molecular formula is C12H9N3O. The Morgan fingerprint density at radius 1 is 1.00 bits per heavy atom. The summed E-state index contributed by atoms with van der Waals surface area (Å²) in [5, 5.41) is 8.10. The molecule has 0 saturated heterocycles. The number of benzene rings is 1. The van der Waals surface area contributed by atoms with E-state index in [2.05, 4.69) is 15.2 Å². The lowest BCUT2D eigenvalue weighted by molar-refractivity contribution is 1.01. The minimum atomic E-state index is -0.161. The summed E-state index contributed by atoms with van der Waals surface area (Å²) in [5.74, 6) is 0. The first-order valence-corrected chi connectivity index (χ1v) is 4.97. The van der Waals surface area contributed by atoms with Crippen LogP contribution in [0.5, 0.6) is 0 Å². The van der Waals surface area contributed by atoms with Crippen LogP contribution >= 0.6 is 0 Å². The van der Waals surface area contributed by atoms with Crippen LogP contribution in [0.15, 0.2) is 47.4 Å². The lowest BCUT2D eigenvalue weighted by Crippen LogP contribution is -2.09. The first kappa shape index (κ1) is 8.91. The minimum Gasteiger partial charge on any atom is -0.360 e. The smallest absolute Gasteiger partial charge is 0.272 e. The fourth-order valence-corrected chi connectivity index (χ4v) is 1.80. The Labute approximate surface area is 90.9 Å². The van der Waals surface area contributed by atoms with Gasteiger partial charge in [0.05, 0.1) is 11.1 Å². The van der Waals surface area contributed by atoms with E-state index in [0.29, 0.717) is 5.39 Å². The molecule has 4 nitrogen and oxygen atoms in total. The van der Waals surface area contributed by atoms with Crippen LogP contribution < -0.4 is 5.56 Å². The first-order chi connectivity index (χ1) is 7.86. The Morgan fingerprint density at radius 3 is 2.56 bits per heavy atom. The molecule has 2 aromatic heterocycles. The maximum Gasteiger partial charge on any atom is 0.272 e. The van der Waals surface area contributed by atoms with Gasteiger partial charge in [-0.15, -0.1) is 0 Å². The van der Waals surface area contributed by atoms with Crippen LogP contribution in [0.1, 0.15) is 0 Å². The van der Waals surface area contributed by atoms with Gasteiger partial charge in [0.1, 0.15) is 5.69 Å². The predicted molar refractivity (Wildman–Crippen MR) is 62.2 cm³/mol. The molecule has 0 spiro atoms. The zero-order chi connectivity index (χ0) is 11.0. The number of nitrogens with one attached hydrogen (secondary N) is 2. The highest BCUT2D eigenvalue weighted by atomic mass is 16.1. The molecule has 3 rings (SSSR count). The maximum atomic E-state index is 11.6. The molecule has 0 unspecified atom stereocenters. The monoisotopic (exact) mass is 211 g/mol. The fourth-order valence-electron chi connectivity index (χ4n) is 1.80. The lowest BCUT2D eigenvalue weighted by atomic mass is 10.1. The summed E-state index contributed by atoms with van der Waals surface area (Å²) in [6.45, 7) is 0. The van der Waals surface area contributed by atoms with Crippen molar-refractivity contribution in [3.63, 3.8) is 0 Å². The van der Waals surface area contributed by atoms with Crippen LogP contribution in [0.3, 0.4) is 0 Å². The van der Waals surface area contributed by atoms with Crippen LogP contribution in [0.25, 0.3) is 22.2 Å². The van der Waals surface area contributed by atoms with Crippen LogP contribution in [0.4, 0.5) is 0 Å². The number of rotatable bonds is 1. The number of aromatic nitrogens is 3. The summed E-state index contributed by atoms with van der Waals surface area (Å²) in [5.41, 5.74) is 1.50. The molecule has 0 amide bonds. The Morgan fingerprint density at radius 2 is 1.81 bits per heavy atom. The summed E-state index contributed by atoms with van der Waals surface area (Å²) >= 11 is 0. The van der Waals surface area contributed by atoms with E-state index in [1.165, 1.54) is 0 Å². The number of fused-ring (bicyclic) bond motifs is 1. The van der Waals surface area contributed by atoms with Gasteiger partial charge >= 0.3 is 0 Å². The Kier molecular flexibility index (Phi) is 1.86. The van der Waals surface area contributed by atoms with Crippen molar-refractivity contribution < 1.29 is 0 Å². The summed E-state index contributed by atoms with van der Waals surface area (Å²) in [4.78, 5) is 14.7. The van der Waals surface area contributed by atoms with Crippen LogP contribution in [0.2, 0.25) is 0 Å². The van der Waals surface area contributed by atoms with Crippen LogP contribution in [-0.2, 0) is 0 Å². The Balaban J connectivity index is 2.43. The molecule has 1 aromatic carbocycles. The average Bonchev–Trinajstić information content (AvgIpc) is 2.83. The minimum absolute atomic E-state index is 0.161.